The van der Waals surface area contributed by atoms with Crippen molar-refractivity contribution in [3.63, 3.8) is 0 Å². The molecule has 1 amide bonds. The molecule has 2 aliphatic rings. The number of nitrogens with zero attached hydrogens (tertiary/aromatic N) is 2. The molecule has 2 unspecified atom stereocenters. The van der Waals surface area contributed by atoms with E-state index >= 15 is 0 Å². The van der Waals surface area contributed by atoms with Crippen molar-refractivity contribution in [2.24, 2.45) is 0 Å². The zero-order valence-corrected chi connectivity index (χ0v) is 11.6. The Bertz CT molecular complexity index is 342. The maximum Gasteiger partial charge on any atom is 0.325 e. The quantitative estimate of drug-likeness (QED) is 0.669. The van der Waals surface area contributed by atoms with Crippen molar-refractivity contribution in [2.45, 2.75) is 31.8 Å². The van der Waals surface area contributed by atoms with Crippen LogP contribution in [0.5, 0.6) is 0 Å². The van der Waals surface area contributed by atoms with Crippen molar-refractivity contribution in [2.75, 3.05) is 40.0 Å². The molecule has 19 heavy (non-hydrogen) atoms. The maximum atomic E-state index is 12.4. The number of hydrogen-bond acceptors (Lipinski definition) is 5. The van der Waals surface area contributed by atoms with Gasteiger partial charge in [-0.2, -0.15) is 0 Å². The minimum Gasteiger partial charge on any atom is -0.468 e. The summed E-state index contributed by atoms with van der Waals surface area (Å²) in [4.78, 5) is 27.9. The van der Waals surface area contributed by atoms with Gasteiger partial charge in [0, 0.05) is 19.6 Å². The van der Waals surface area contributed by atoms with Crippen LogP contribution in [0.2, 0.25) is 0 Å². The highest BCUT2D eigenvalue weighted by Gasteiger charge is 2.37. The number of ether oxygens (including phenoxy) is 2. The number of amides is 1. The molecule has 2 heterocycles. The zero-order valence-electron chi connectivity index (χ0n) is 11.6. The van der Waals surface area contributed by atoms with Crippen LogP contribution in [0.4, 0.5) is 0 Å². The Labute approximate surface area is 113 Å². The van der Waals surface area contributed by atoms with Crippen LogP contribution >= 0.6 is 0 Å². The van der Waals surface area contributed by atoms with E-state index in [1.807, 2.05) is 16.7 Å². The van der Waals surface area contributed by atoms with Gasteiger partial charge >= 0.3 is 5.97 Å². The second kappa shape index (κ2) is 6.34. The van der Waals surface area contributed by atoms with Crippen molar-refractivity contribution < 1.29 is 19.1 Å². The van der Waals surface area contributed by atoms with Gasteiger partial charge in [0.2, 0.25) is 5.91 Å². The van der Waals surface area contributed by atoms with E-state index in [1.165, 1.54) is 7.11 Å². The molecule has 6 nitrogen and oxygen atoms in total. The van der Waals surface area contributed by atoms with Gasteiger partial charge in [0.05, 0.1) is 26.4 Å². The van der Waals surface area contributed by atoms with Crippen LogP contribution in [-0.4, -0.2) is 73.7 Å². The Balaban J connectivity index is 2.03. The van der Waals surface area contributed by atoms with Gasteiger partial charge in [-0.05, 0) is 19.8 Å². The van der Waals surface area contributed by atoms with Crippen molar-refractivity contribution in [1.82, 2.24) is 9.80 Å². The lowest BCUT2D eigenvalue weighted by Gasteiger charge is -2.38. The average Bonchev–Trinajstić information content (AvgIpc) is 2.99. The Hall–Kier alpha value is -1.14. The number of esters is 1. The Kier molecular flexibility index (Phi) is 4.76. The molecule has 0 bridgehead atoms. The molecule has 0 aromatic carbocycles. The molecule has 2 saturated heterocycles. The predicted molar refractivity (Wildman–Crippen MR) is 68.6 cm³/mol. The van der Waals surface area contributed by atoms with Crippen LogP contribution in [0.15, 0.2) is 0 Å². The Morgan fingerprint density at radius 1 is 1.26 bits per heavy atom. The van der Waals surface area contributed by atoms with E-state index in [9.17, 15) is 9.59 Å². The molecular weight excluding hydrogens is 248 g/mol. The Morgan fingerprint density at radius 3 is 2.58 bits per heavy atom. The van der Waals surface area contributed by atoms with Gasteiger partial charge in [0.25, 0.3) is 0 Å². The van der Waals surface area contributed by atoms with Crippen LogP contribution in [-0.2, 0) is 19.1 Å². The zero-order chi connectivity index (χ0) is 13.8. The SMILES string of the molecule is COC(=O)C1COCCN1C(C)C(=O)N1CCCC1. The summed E-state index contributed by atoms with van der Waals surface area (Å²) in [5, 5.41) is 0. The van der Waals surface area contributed by atoms with E-state index in [2.05, 4.69) is 0 Å². The van der Waals surface area contributed by atoms with Crippen LogP contribution in [0.1, 0.15) is 19.8 Å². The number of methoxy groups -OCH3 is 1. The van der Waals surface area contributed by atoms with Crippen LogP contribution in [0, 0.1) is 0 Å². The lowest BCUT2D eigenvalue weighted by Crippen LogP contribution is -2.58. The molecule has 0 aliphatic carbocycles. The highest BCUT2D eigenvalue weighted by molar-refractivity contribution is 5.83. The summed E-state index contributed by atoms with van der Waals surface area (Å²) in [5.41, 5.74) is 0. The molecule has 0 radical (unpaired) electrons. The normalized spacial score (nSPS) is 26.2. The van der Waals surface area contributed by atoms with Crippen molar-refractivity contribution in [3.8, 4) is 0 Å². The van der Waals surface area contributed by atoms with Gasteiger partial charge < -0.3 is 14.4 Å². The van der Waals surface area contributed by atoms with Crippen molar-refractivity contribution >= 4 is 11.9 Å². The molecular formula is C13H22N2O4. The first-order valence-electron chi connectivity index (χ1n) is 6.85. The molecule has 0 aromatic heterocycles. The summed E-state index contributed by atoms with van der Waals surface area (Å²) in [7, 11) is 1.36. The minimum atomic E-state index is -0.472. The van der Waals surface area contributed by atoms with Crippen molar-refractivity contribution in [3.05, 3.63) is 0 Å². The first-order chi connectivity index (χ1) is 9.15. The number of rotatable bonds is 3. The molecule has 2 atom stereocenters. The third-order valence-corrected chi connectivity index (χ3v) is 3.92. The highest BCUT2D eigenvalue weighted by Crippen LogP contribution is 2.17. The maximum absolute atomic E-state index is 12.4. The van der Waals surface area contributed by atoms with E-state index in [4.69, 9.17) is 9.47 Å². The fourth-order valence-corrected chi connectivity index (χ4v) is 2.76. The number of carbonyl (C=O) groups is 2. The number of morpholine rings is 1. The first kappa shape index (κ1) is 14.3. The topological polar surface area (TPSA) is 59.1 Å². The highest BCUT2D eigenvalue weighted by atomic mass is 16.5. The summed E-state index contributed by atoms with van der Waals surface area (Å²) >= 11 is 0. The number of hydrogen-bond donors (Lipinski definition) is 0. The standard InChI is InChI=1S/C13H22N2O4/c1-10(12(16)14-5-3-4-6-14)15-7-8-19-9-11(15)13(17)18-2/h10-11H,3-9H2,1-2H3. The van der Waals surface area contributed by atoms with E-state index in [-0.39, 0.29) is 17.9 Å². The molecule has 6 heteroatoms. The fourth-order valence-electron chi connectivity index (χ4n) is 2.76. The third kappa shape index (κ3) is 3.06. The molecule has 2 fully saturated rings. The second-order valence-electron chi connectivity index (χ2n) is 5.06. The van der Waals surface area contributed by atoms with Crippen LogP contribution < -0.4 is 0 Å². The summed E-state index contributed by atoms with van der Waals surface area (Å²) in [6.45, 7) is 4.95. The van der Waals surface area contributed by atoms with Gasteiger partial charge in [0.15, 0.2) is 0 Å². The lowest BCUT2D eigenvalue weighted by atomic mass is 10.1. The van der Waals surface area contributed by atoms with Gasteiger partial charge in [-0.25, -0.2) is 0 Å². The average molecular weight is 270 g/mol. The molecule has 108 valence electrons. The van der Waals surface area contributed by atoms with Gasteiger partial charge in [-0.1, -0.05) is 0 Å². The van der Waals surface area contributed by atoms with Gasteiger partial charge in [-0.3, -0.25) is 14.5 Å². The van der Waals surface area contributed by atoms with E-state index < -0.39 is 6.04 Å². The fraction of sp³-hybridized carbons (Fsp3) is 0.846. The minimum absolute atomic E-state index is 0.105. The van der Waals surface area contributed by atoms with Crippen molar-refractivity contribution in [1.29, 1.82) is 0 Å². The largest absolute Gasteiger partial charge is 0.468 e. The third-order valence-electron chi connectivity index (χ3n) is 3.92. The molecule has 0 spiro atoms. The summed E-state index contributed by atoms with van der Waals surface area (Å²) in [6.07, 6.45) is 2.14. The molecule has 2 rings (SSSR count). The summed E-state index contributed by atoms with van der Waals surface area (Å²) < 4.78 is 10.1. The molecule has 0 N–H and O–H groups in total. The monoisotopic (exact) mass is 270 g/mol. The first-order valence-corrected chi connectivity index (χ1v) is 6.85. The lowest BCUT2D eigenvalue weighted by molar-refractivity contribution is -0.158. The van der Waals surface area contributed by atoms with E-state index in [0.717, 1.165) is 25.9 Å². The van der Waals surface area contributed by atoms with Gasteiger partial charge in [0.1, 0.15) is 6.04 Å². The van der Waals surface area contributed by atoms with Crippen LogP contribution in [0.3, 0.4) is 0 Å². The second-order valence-corrected chi connectivity index (χ2v) is 5.06. The van der Waals surface area contributed by atoms with E-state index in [1.54, 1.807) is 0 Å². The Morgan fingerprint density at radius 2 is 1.95 bits per heavy atom. The van der Waals surface area contributed by atoms with E-state index in [0.29, 0.717) is 19.8 Å². The molecule has 2 aliphatic heterocycles. The number of carbonyl (C=O) groups excluding carboxylic acids is 2. The predicted octanol–water partition coefficient (Wildman–Crippen LogP) is -0.129. The molecule has 0 aromatic rings. The smallest absolute Gasteiger partial charge is 0.325 e. The van der Waals surface area contributed by atoms with Gasteiger partial charge in [-0.15, -0.1) is 0 Å². The number of likely N-dealkylation sites (tertiary alicyclic amines) is 1. The molecule has 0 saturated carbocycles. The van der Waals surface area contributed by atoms with Crippen LogP contribution in [0.25, 0.3) is 0 Å². The summed E-state index contributed by atoms with van der Waals surface area (Å²) in [6, 6.07) is -0.772. The summed E-state index contributed by atoms with van der Waals surface area (Å²) in [5.74, 6) is -0.228.